The SMILES string of the molecule is Cc1ccc2c(c1)nc(-c1ccc(-c3ccc4occc4c3)cc1)n2C[C@]1(C(=O)C2CC2)CCNC1. The number of rotatable bonds is 6. The van der Waals surface area contributed by atoms with E-state index in [9.17, 15) is 4.79 Å². The Morgan fingerprint density at radius 1 is 1.03 bits per heavy atom. The van der Waals surface area contributed by atoms with Crippen LogP contribution in [-0.4, -0.2) is 28.4 Å². The van der Waals surface area contributed by atoms with Gasteiger partial charge < -0.3 is 14.3 Å². The molecule has 2 aliphatic rings. The normalized spacial score (nSPS) is 19.9. The summed E-state index contributed by atoms with van der Waals surface area (Å²) in [4.78, 5) is 18.6. The van der Waals surface area contributed by atoms with Crippen molar-refractivity contribution in [1.82, 2.24) is 14.9 Å². The quantitative estimate of drug-likeness (QED) is 0.309. The first-order chi connectivity index (χ1) is 17.6. The van der Waals surface area contributed by atoms with Gasteiger partial charge in [0.1, 0.15) is 17.2 Å². The molecular weight excluding hydrogens is 446 g/mol. The highest BCUT2D eigenvalue weighted by Crippen LogP contribution is 2.42. The molecule has 1 N–H and O–H groups in total. The highest BCUT2D eigenvalue weighted by atomic mass is 16.3. The second-order valence-electron chi connectivity index (χ2n) is 10.6. The number of aryl methyl sites for hydroxylation is 1. The van der Waals surface area contributed by atoms with Crippen LogP contribution in [0.1, 0.15) is 24.8 Å². The highest BCUT2D eigenvalue weighted by molar-refractivity contribution is 5.90. The predicted octanol–water partition coefficient (Wildman–Crippen LogP) is 6.38. The van der Waals surface area contributed by atoms with Gasteiger partial charge in [-0.05, 0) is 79.8 Å². The van der Waals surface area contributed by atoms with Crippen LogP contribution in [0, 0.1) is 18.3 Å². The maximum Gasteiger partial charge on any atom is 0.145 e. The van der Waals surface area contributed by atoms with Crippen molar-refractivity contribution in [1.29, 1.82) is 0 Å². The average molecular weight is 476 g/mol. The topological polar surface area (TPSA) is 60.1 Å². The van der Waals surface area contributed by atoms with Crippen LogP contribution < -0.4 is 5.32 Å². The summed E-state index contributed by atoms with van der Waals surface area (Å²) in [5.74, 6) is 1.62. The van der Waals surface area contributed by atoms with Gasteiger partial charge in [0.2, 0.25) is 0 Å². The standard InChI is InChI=1S/C31H29N3O2/c1-20-2-10-27-26(16-20)33-30(34(27)19-31(13-14-32-18-31)29(35)22-5-6-22)23-7-3-21(4-8-23)24-9-11-28-25(17-24)12-15-36-28/h2-4,7-12,15-17,22,32H,5-6,13-14,18-19H2,1H3/t31-/m0/s1. The van der Waals surface area contributed by atoms with E-state index in [-0.39, 0.29) is 11.3 Å². The third-order valence-corrected chi connectivity index (χ3v) is 8.01. The molecule has 5 aromatic rings. The Kier molecular flexibility index (Phi) is 4.90. The van der Waals surface area contributed by atoms with Crippen molar-refractivity contribution >= 4 is 27.8 Å². The van der Waals surface area contributed by atoms with Crippen LogP contribution in [0.5, 0.6) is 0 Å². The maximum atomic E-state index is 13.5. The van der Waals surface area contributed by atoms with E-state index in [0.717, 1.165) is 76.9 Å². The molecule has 1 aliphatic heterocycles. The Morgan fingerprint density at radius 2 is 1.83 bits per heavy atom. The third kappa shape index (κ3) is 3.58. The molecule has 0 amide bonds. The lowest BCUT2D eigenvalue weighted by Crippen LogP contribution is -2.39. The van der Waals surface area contributed by atoms with Crippen LogP contribution in [-0.2, 0) is 11.3 Å². The number of imidazole rings is 1. The molecule has 2 fully saturated rings. The molecule has 0 radical (unpaired) electrons. The minimum Gasteiger partial charge on any atom is -0.464 e. The zero-order valence-corrected chi connectivity index (χ0v) is 20.5. The molecule has 3 heterocycles. The van der Waals surface area contributed by atoms with Crippen LogP contribution in [0.3, 0.4) is 0 Å². The summed E-state index contributed by atoms with van der Waals surface area (Å²) in [5.41, 5.74) is 7.20. The Labute approximate surface area is 210 Å². The molecule has 1 atom stereocenters. The number of hydrogen-bond donors (Lipinski definition) is 1. The lowest BCUT2D eigenvalue weighted by molar-refractivity contribution is -0.129. The smallest absolute Gasteiger partial charge is 0.145 e. The minimum atomic E-state index is -0.353. The van der Waals surface area contributed by atoms with Crippen molar-refractivity contribution in [2.75, 3.05) is 13.1 Å². The van der Waals surface area contributed by atoms with Gasteiger partial charge in [-0.3, -0.25) is 4.79 Å². The number of carbonyl (C=O) groups is 1. The van der Waals surface area contributed by atoms with Crippen molar-refractivity contribution in [3.05, 3.63) is 78.6 Å². The van der Waals surface area contributed by atoms with Gasteiger partial charge in [0, 0.05) is 30.0 Å². The van der Waals surface area contributed by atoms with Gasteiger partial charge in [-0.2, -0.15) is 0 Å². The molecule has 1 saturated heterocycles. The maximum absolute atomic E-state index is 13.5. The summed E-state index contributed by atoms with van der Waals surface area (Å²) < 4.78 is 7.79. The van der Waals surface area contributed by atoms with Crippen molar-refractivity contribution in [2.24, 2.45) is 11.3 Å². The van der Waals surface area contributed by atoms with E-state index in [1.165, 1.54) is 5.56 Å². The summed E-state index contributed by atoms with van der Waals surface area (Å²) in [5, 5.41) is 4.58. The molecule has 1 aliphatic carbocycles. The molecule has 5 nitrogen and oxygen atoms in total. The van der Waals surface area contributed by atoms with Crippen molar-refractivity contribution in [3.8, 4) is 22.5 Å². The number of furan rings is 1. The molecule has 7 rings (SSSR count). The lowest BCUT2D eigenvalue weighted by Gasteiger charge is -2.28. The van der Waals surface area contributed by atoms with E-state index in [4.69, 9.17) is 9.40 Å². The molecule has 5 heteroatoms. The molecule has 1 saturated carbocycles. The molecule has 2 aromatic heterocycles. The number of ketones is 1. The summed E-state index contributed by atoms with van der Waals surface area (Å²) in [6, 6.07) is 23.3. The van der Waals surface area contributed by atoms with Crippen LogP contribution in [0.15, 0.2) is 77.4 Å². The Morgan fingerprint density at radius 3 is 2.61 bits per heavy atom. The van der Waals surface area contributed by atoms with E-state index in [2.05, 4.69) is 71.4 Å². The summed E-state index contributed by atoms with van der Waals surface area (Å²) in [7, 11) is 0. The van der Waals surface area contributed by atoms with E-state index in [1.807, 2.05) is 12.1 Å². The summed E-state index contributed by atoms with van der Waals surface area (Å²) in [6.07, 6.45) is 4.71. The van der Waals surface area contributed by atoms with Gasteiger partial charge in [-0.1, -0.05) is 36.4 Å². The largest absolute Gasteiger partial charge is 0.464 e. The molecule has 0 bridgehead atoms. The van der Waals surface area contributed by atoms with Gasteiger partial charge in [-0.15, -0.1) is 0 Å². The van der Waals surface area contributed by atoms with E-state index < -0.39 is 0 Å². The van der Waals surface area contributed by atoms with Crippen molar-refractivity contribution in [3.63, 3.8) is 0 Å². The number of benzene rings is 3. The van der Waals surface area contributed by atoms with Crippen LogP contribution in [0.25, 0.3) is 44.5 Å². The van der Waals surface area contributed by atoms with Gasteiger partial charge in [0.05, 0.1) is 22.7 Å². The van der Waals surface area contributed by atoms with E-state index in [0.29, 0.717) is 12.3 Å². The zero-order chi connectivity index (χ0) is 24.3. The zero-order valence-electron chi connectivity index (χ0n) is 20.5. The second-order valence-corrected chi connectivity index (χ2v) is 10.6. The number of aromatic nitrogens is 2. The van der Waals surface area contributed by atoms with Gasteiger partial charge in [0.25, 0.3) is 0 Å². The summed E-state index contributed by atoms with van der Waals surface area (Å²) in [6.45, 7) is 4.42. The highest BCUT2D eigenvalue weighted by Gasteiger charge is 2.48. The first-order valence-corrected chi connectivity index (χ1v) is 12.9. The fraction of sp³-hybridized carbons (Fsp3) is 0.290. The molecule has 3 aromatic carbocycles. The van der Waals surface area contributed by atoms with Crippen LogP contribution >= 0.6 is 0 Å². The number of fused-ring (bicyclic) bond motifs is 2. The minimum absolute atomic E-state index is 0.247. The van der Waals surface area contributed by atoms with E-state index in [1.54, 1.807) is 6.26 Å². The van der Waals surface area contributed by atoms with Crippen molar-refractivity contribution in [2.45, 2.75) is 32.7 Å². The second kappa shape index (κ2) is 8.17. The molecular formula is C31H29N3O2. The van der Waals surface area contributed by atoms with Crippen molar-refractivity contribution < 1.29 is 9.21 Å². The van der Waals surface area contributed by atoms with Crippen LogP contribution in [0.4, 0.5) is 0 Å². The fourth-order valence-electron chi connectivity index (χ4n) is 5.83. The van der Waals surface area contributed by atoms with E-state index >= 15 is 0 Å². The third-order valence-electron chi connectivity index (χ3n) is 8.01. The number of carbonyl (C=O) groups excluding carboxylic acids is 1. The number of hydrogen-bond acceptors (Lipinski definition) is 4. The Balaban J connectivity index is 1.30. The Hall–Kier alpha value is -3.70. The first-order valence-electron chi connectivity index (χ1n) is 12.9. The first kappa shape index (κ1) is 21.6. The average Bonchev–Trinajstić information content (AvgIpc) is 3.29. The number of nitrogens with one attached hydrogen (secondary N) is 1. The Bertz CT molecular complexity index is 1600. The number of nitrogens with zero attached hydrogens (tertiary/aromatic N) is 2. The monoisotopic (exact) mass is 475 g/mol. The predicted molar refractivity (Wildman–Crippen MR) is 143 cm³/mol. The fourth-order valence-corrected chi connectivity index (χ4v) is 5.83. The molecule has 36 heavy (non-hydrogen) atoms. The molecule has 180 valence electrons. The van der Waals surface area contributed by atoms with Gasteiger partial charge >= 0.3 is 0 Å². The number of Topliss-reactive ketones (excluding diaryl/α,β-unsaturated/α-hetero) is 1. The molecule has 0 unspecified atom stereocenters. The summed E-state index contributed by atoms with van der Waals surface area (Å²) >= 11 is 0. The molecule has 0 spiro atoms. The van der Waals surface area contributed by atoms with Gasteiger partial charge in [0.15, 0.2) is 0 Å². The lowest BCUT2D eigenvalue weighted by atomic mass is 9.80. The van der Waals surface area contributed by atoms with Crippen LogP contribution in [0.2, 0.25) is 0 Å². The van der Waals surface area contributed by atoms with Gasteiger partial charge in [-0.25, -0.2) is 4.98 Å².